The third-order valence-electron chi connectivity index (χ3n) is 5.67. The van der Waals surface area contributed by atoms with Crippen LogP contribution in [0.15, 0.2) is 54.2 Å². The molecule has 0 spiro atoms. The van der Waals surface area contributed by atoms with E-state index in [1.807, 2.05) is 4.90 Å². The number of hydrogen-bond donors (Lipinski definition) is 2. The van der Waals surface area contributed by atoms with E-state index < -0.39 is 23.1 Å². The quantitative estimate of drug-likeness (QED) is 0.598. The molecule has 12 heteroatoms. The van der Waals surface area contributed by atoms with Crippen molar-refractivity contribution in [3.8, 4) is 0 Å². The molecule has 0 unspecified atom stereocenters. The normalized spacial score (nSPS) is 21.9. The standard InChI is InChI=1S/C21H18F2N8OS/c22-13-6-27-20(28-7-13)31-9-12-10-33-19(24)30-21(12,11-31)15-5-14(1-2-16(15)23)29-18(32)17-8-25-3-4-26-17/h1-8,12H,9-11H2,(H2,24,30)(H,29,32)/t12-,21-/m0/s1. The molecule has 3 aromatic rings. The zero-order valence-corrected chi connectivity index (χ0v) is 18.0. The molecule has 3 N–H and O–H groups in total. The first kappa shape index (κ1) is 21.2. The van der Waals surface area contributed by atoms with Gasteiger partial charge in [-0.05, 0) is 18.2 Å². The van der Waals surface area contributed by atoms with Gasteiger partial charge in [0, 0.05) is 41.9 Å². The summed E-state index contributed by atoms with van der Waals surface area (Å²) in [4.78, 5) is 35.0. The van der Waals surface area contributed by atoms with Crippen LogP contribution in [0, 0.1) is 17.6 Å². The Morgan fingerprint density at radius 1 is 1.18 bits per heavy atom. The van der Waals surface area contributed by atoms with E-state index in [1.54, 1.807) is 6.07 Å². The number of aliphatic imine (C=N–C) groups is 1. The molecule has 0 aliphatic carbocycles. The van der Waals surface area contributed by atoms with Gasteiger partial charge in [-0.15, -0.1) is 0 Å². The maximum Gasteiger partial charge on any atom is 0.275 e. The van der Waals surface area contributed by atoms with E-state index in [0.717, 1.165) is 12.4 Å². The molecule has 1 amide bonds. The summed E-state index contributed by atoms with van der Waals surface area (Å²) in [5.74, 6) is -0.642. The van der Waals surface area contributed by atoms with Gasteiger partial charge in [0.2, 0.25) is 5.95 Å². The number of hydrogen-bond acceptors (Lipinski definition) is 9. The summed E-state index contributed by atoms with van der Waals surface area (Å²) in [5, 5.41) is 3.08. The first-order chi connectivity index (χ1) is 15.9. The Morgan fingerprint density at radius 3 is 2.76 bits per heavy atom. The predicted octanol–water partition coefficient (Wildman–Crippen LogP) is 2.19. The average Bonchev–Trinajstić information content (AvgIpc) is 3.21. The molecule has 2 atom stereocenters. The fraction of sp³-hybridized carbons (Fsp3) is 0.238. The number of nitrogens with two attached hydrogens (primary N) is 1. The molecule has 0 saturated carbocycles. The molecule has 0 bridgehead atoms. The van der Waals surface area contributed by atoms with Gasteiger partial charge in [-0.1, -0.05) is 11.8 Å². The van der Waals surface area contributed by atoms with E-state index in [2.05, 4.69) is 30.2 Å². The van der Waals surface area contributed by atoms with Crippen LogP contribution < -0.4 is 16.0 Å². The molecule has 9 nitrogen and oxygen atoms in total. The molecule has 2 aromatic heterocycles. The fourth-order valence-electron chi connectivity index (χ4n) is 4.17. The van der Waals surface area contributed by atoms with Gasteiger partial charge in [0.05, 0.1) is 25.1 Å². The van der Waals surface area contributed by atoms with Crippen LogP contribution in [0.1, 0.15) is 16.1 Å². The van der Waals surface area contributed by atoms with Crippen LogP contribution >= 0.6 is 11.8 Å². The number of carbonyl (C=O) groups is 1. The fourth-order valence-corrected chi connectivity index (χ4v) is 5.15. The Kier molecular flexibility index (Phi) is 5.36. The molecular formula is C21H18F2N8OS. The number of amides is 1. The Bertz CT molecular complexity index is 1230. The van der Waals surface area contributed by atoms with Gasteiger partial charge >= 0.3 is 0 Å². The highest BCUT2D eigenvalue weighted by Gasteiger charge is 2.52. The minimum absolute atomic E-state index is 0.108. The highest BCUT2D eigenvalue weighted by molar-refractivity contribution is 8.13. The molecule has 33 heavy (non-hydrogen) atoms. The number of nitrogens with one attached hydrogen (secondary N) is 1. The maximum absolute atomic E-state index is 15.2. The monoisotopic (exact) mass is 468 g/mol. The Labute approximate surface area is 191 Å². The van der Waals surface area contributed by atoms with Crippen LogP contribution in [0.5, 0.6) is 0 Å². The zero-order valence-electron chi connectivity index (χ0n) is 17.2. The van der Waals surface area contributed by atoms with Crippen LogP contribution in [0.4, 0.5) is 20.4 Å². The molecular weight excluding hydrogens is 450 g/mol. The number of aromatic nitrogens is 4. The lowest BCUT2D eigenvalue weighted by Gasteiger charge is -2.35. The SMILES string of the molecule is NC1=N[C@@]2(c3cc(NC(=O)c4cnccn4)ccc3F)CN(c3ncc(F)cn3)C[C@H]2CS1. The van der Waals surface area contributed by atoms with Crippen LogP contribution in [-0.2, 0) is 5.54 Å². The van der Waals surface area contributed by atoms with E-state index in [-0.39, 0.29) is 18.2 Å². The summed E-state index contributed by atoms with van der Waals surface area (Å²) in [6.45, 7) is 0.744. The van der Waals surface area contributed by atoms with Crippen molar-refractivity contribution < 1.29 is 13.6 Å². The summed E-state index contributed by atoms with van der Waals surface area (Å²) < 4.78 is 28.5. The van der Waals surface area contributed by atoms with Crippen LogP contribution in [0.2, 0.25) is 0 Å². The minimum Gasteiger partial charge on any atom is -0.379 e. The van der Waals surface area contributed by atoms with Crippen molar-refractivity contribution in [2.75, 3.05) is 29.1 Å². The van der Waals surface area contributed by atoms with Crippen LogP contribution in [0.25, 0.3) is 0 Å². The van der Waals surface area contributed by atoms with Crippen molar-refractivity contribution in [3.63, 3.8) is 0 Å². The highest BCUT2D eigenvalue weighted by atomic mass is 32.2. The third kappa shape index (κ3) is 3.97. The number of nitrogens with zero attached hydrogens (tertiary/aromatic N) is 6. The van der Waals surface area contributed by atoms with Gasteiger partial charge in [-0.25, -0.2) is 28.7 Å². The number of thioether (sulfide) groups is 1. The topological polar surface area (TPSA) is 122 Å². The summed E-state index contributed by atoms with van der Waals surface area (Å²) >= 11 is 1.40. The highest BCUT2D eigenvalue weighted by Crippen LogP contribution is 2.47. The van der Waals surface area contributed by atoms with Gasteiger partial charge < -0.3 is 16.0 Å². The van der Waals surface area contributed by atoms with Gasteiger partial charge in [-0.3, -0.25) is 9.78 Å². The van der Waals surface area contributed by atoms with E-state index in [4.69, 9.17) is 5.73 Å². The number of amidine groups is 1. The number of fused-ring (bicyclic) bond motifs is 1. The van der Waals surface area contributed by atoms with Crippen LogP contribution in [-0.4, -0.2) is 49.9 Å². The molecule has 4 heterocycles. The molecule has 2 aliphatic rings. The molecule has 1 saturated heterocycles. The Morgan fingerprint density at radius 2 is 2.00 bits per heavy atom. The van der Waals surface area contributed by atoms with E-state index in [0.29, 0.717) is 34.7 Å². The van der Waals surface area contributed by atoms with Crippen molar-refractivity contribution in [1.82, 2.24) is 19.9 Å². The van der Waals surface area contributed by atoms with Crippen LogP contribution in [0.3, 0.4) is 0 Å². The lowest BCUT2D eigenvalue weighted by Crippen LogP contribution is -2.40. The van der Waals surface area contributed by atoms with Crippen molar-refractivity contribution in [3.05, 3.63) is 72.1 Å². The molecule has 5 rings (SSSR count). The molecule has 0 radical (unpaired) electrons. The third-order valence-corrected chi connectivity index (χ3v) is 6.62. The Hall–Kier alpha value is -3.67. The largest absolute Gasteiger partial charge is 0.379 e. The summed E-state index contributed by atoms with van der Waals surface area (Å²) in [5.41, 5.74) is 5.88. The first-order valence-electron chi connectivity index (χ1n) is 10.0. The van der Waals surface area contributed by atoms with E-state index in [9.17, 15) is 9.18 Å². The lowest BCUT2D eigenvalue weighted by molar-refractivity contribution is 0.102. The first-order valence-corrected chi connectivity index (χ1v) is 11.0. The van der Waals surface area contributed by atoms with Crippen molar-refractivity contribution in [1.29, 1.82) is 0 Å². The van der Waals surface area contributed by atoms with Crippen molar-refractivity contribution in [2.45, 2.75) is 5.54 Å². The second-order valence-electron chi connectivity index (χ2n) is 7.70. The molecule has 1 fully saturated rings. The second kappa shape index (κ2) is 8.35. The zero-order chi connectivity index (χ0) is 23.0. The number of halogens is 2. The maximum atomic E-state index is 15.2. The van der Waals surface area contributed by atoms with Crippen molar-refractivity contribution in [2.24, 2.45) is 16.6 Å². The van der Waals surface area contributed by atoms with E-state index >= 15 is 4.39 Å². The number of carbonyl (C=O) groups excluding carboxylic acids is 1. The lowest BCUT2D eigenvalue weighted by atomic mass is 9.81. The number of benzene rings is 1. The van der Waals surface area contributed by atoms with E-state index in [1.165, 1.54) is 42.5 Å². The molecule has 168 valence electrons. The van der Waals surface area contributed by atoms with Gasteiger partial charge in [-0.2, -0.15) is 0 Å². The molecule has 2 aliphatic heterocycles. The average molecular weight is 468 g/mol. The predicted molar refractivity (Wildman–Crippen MR) is 120 cm³/mol. The number of anilines is 2. The second-order valence-corrected chi connectivity index (χ2v) is 8.74. The smallest absolute Gasteiger partial charge is 0.275 e. The number of rotatable bonds is 4. The van der Waals surface area contributed by atoms with Gasteiger partial charge in [0.1, 0.15) is 17.1 Å². The van der Waals surface area contributed by atoms with Crippen molar-refractivity contribution >= 4 is 34.5 Å². The summed E-state index contributed by atoms with van der Waals surface area (Å²) in [6.07, 6.45) is 6.40. The summed E-state index contributed by atoms with van der Waals surface area (Å²) in [6, 6.07) is 4.33. The molecule has 1 aromatic carbocycles. The van der Waals surface area contributed by atoms with Gasteiger partial charge in [0.15, 0.2) is 11.0 Å². The minimum atomic E-state index is -1.01. The van der Waals surface area contributed by atoms with Gasteiger partial charge in [0.25, 0.3) is 5.91 Å². The summed E-state index contributed by atoms with van der Waals surface area (Å²) in [7, 11) is 0. The Balaban J connectivity index is 1.51.